The number of amides is 2. The zero-order chi connectivity index (χ0) is 21.6. The molecule has 3 aliphatic rings. The predicted molar refractivity (Wildman–Crippen MR) is 123 cm³/mol. The van der Waals surface area contributed by atoms with E-state index in [-0.39, 0.29) is 24.4 Å². The van der Waals surface area contributed by atoms with Gasteiger partial charge in [-0.25, -0.2) is 0 Å². The fourth-order valence-corrected chi connectivity index (χ4v) is 5.43. The maximum absolute atomic E-state index is 13.5. The van der Waals surface area contributed by atoms with E-state index in [1.54, 1.807) is 0 Å². The zero-order valence-corrected chi connectivity index (χ0v) is 19.0. The van der Waals surface area contributed by atoms with E-state index in [0.717, 1.165) is 57.5 Å². The normalized spacial score (nSPS) is 25.1. The van der Waals surface area contributed by atoms with Crippen molar-refractivity contribution < 1.29 is 9.59 Å². The summed E-state index contributed by atoms with van der Waals surface area (Å²) in [6, 6.07) is 8.53. The average molecular weight is 427 g/mol. The first-order chi connectivity index (χ1) is 15.1. The van der Waals surface area contributed by atoms with Crippen LogP contribution in [0.15, 0.2) is 24.3 Å². The first-order valence-electron chi connectivity index (χ1n) is 12.2. The minimum atomic E-state index is -0.337. The van der Waals surface area contributed by atoms with Gasteiger partial charge in [-0.15, -0.1) is 0 Å². The van der Waals surface area contributed by atoms with Crippen molar-refractivity contribution in [3.05, 3.63) is 35.4 Å². The molecule has 0 bridgehead atoms. The molecule has 0 radical (unpaired) electrons. The van der Waals surface area contributed by atoms with Crippen molar-refractivity contribution in [2.24, 2.45) is 0 Å². The van der Waals surface area contributed by atoms with Crippen molar-refractivity contribution in [3.63, 3.8) is 0 Å². The van der Waals surface area contributed by atoms with Gasteiger partial charge in [0.15, 0.2) is 0 Å². The Morgan fingerprint density at radius 2 is 1.74 bits per heavy atom. The molecule has 170 valence electrons. The summed E-state index contributed by atoms with van der Waals surface area (Å²) >= 11 is 0. The number of hydrogen-bond acceptors (Lipinski definition) is 4. The van der Waals surface area contributed by atoms with Crippen molar-refractivity contribution in [1.82, 2.24) is 20.0 Å². The summed E-state index contributed by atoms with van der Waals surface area (Å²) in [5.74, 6) is 0.197. The number of benzene rings is 1. The molecule has 4 rings (SSSR count). The number of rotatable bonds is 6. The third kappa shape index (κ3) is 5.47. The number of carbonyl (C=O) groups excluding carboxylic acids is 2. The standard InChI is InChI=1S/C25H38N4O2/c1-20-9-5-8-14-27(20)18-13-26-23(30)19-29-17-12-21-10-3-4-11-22(21)24(29)25(31)28-15-6-2-7-16-28/h3-4,10-11,20,24H,2,5-9,12-19H2,1H3,(H,26,30)/t20-,24-/m1/s1. The highest BCUT2D eigenvalue weighted by atomic mass is 16.2. The van der Waals surface area contributed by atoms with Crippen LogP contribution in [0, 0.1) is 0 Å². The Kier molecular flexibility index (Phi) is 7.62. The second-order valence-electron chi connectivity index (χ2n) is 9.44. The van der Waals surface area contributed by atoms with Crippen LogP contribution in [0.5, 0.6) is 0 Å². The molecular formula is C25H38N4O2. The van der Waals surface area contributed by atoms with Crippen molar-refractivity contribution in [1.29, 1.82) is 0 Å². The third-order valence-electron chi connectivity index (χ3n) is 7.29. The highest BCUT2D eigenvalue weighted by molar-refractivity contribution is 5.85. The second kappa shape index (κ2) is 10.6. The van der Waals surface area contributed by atoms with Crippen LogP contribution in [0.25, 0.3) is 0 Å². The molecule has 6 nitrogen and oxygen atoms in total. The molecule has 0 spiro atoms. The topological polar surface area (TPSA) is 55.9 Å². The number of carbonyl (C=O) groups is 2. The lowest BCUT2D eigenvalue weighted by Gasteiger charge is -2.39. The molecule has 2 saturated heterocycles. The monoisotopic (exact) mass is 426 g/mol. The number of hydrogen-bond donors (Lipinski definition) is 1. The molecular weight excluding hydrogens is 388 g/mol. The number of fused-ring (bicyclic) bond motifs is 1. The van der Waals surface area contributed by atoms with Gasteiger partial charge < -0.3 is 10.2 Å². The molecule has 2 amide bonds. The predicted octanol–water partition coefficient (Wildman–Crippen LogP) is 2.59. The largest absolute Gasteiger partial charge is 0.354 e. The lowest BCUT2D eigenvalue weighted by Crippen LogP contribution is -2.50. The van der Waals surface area contributed by atoms with E-state index in [4.69, 9.17) is 0 Å². The summed E-state index contributed by atoms with van der Waals surface area (Å²) in [6.07, 6.45) is 8.07. The highest BCUT2D eigenvalue weighted by Gasteiger charge is 2.36. The molecule has 31 heavy (non-hydrogen) atoms. The number of nitrogens with zero attached hydrogens (tertiary/aromatic N) is 3. The molecule has 3 aliphatic heterocycles. The minimum absolute atomic E-state index is 0.0282. The van der Waals surface area contributed by atoms with Crippen LogP contribution >= 0.6 is 0 Å². The lowest BCUT2D eigenvalue weighted by molar-refractivity contribution is -0.139. The van der Waals surface area contributed by atoms with Crippen LogP contribution in [-0.2, 0) is 16.0 Å². The SMILES string of the molecule is C[C@@H]1CCCCN1CCNC(=O)CN1CCc2ccccc2[C@@H]1C(=O)N1CCCCC1. The Bertz CT molecular complexity index is 762. The molecule has 6 heteroatoms. The molecule has 2 fully saturated rings. The fourth-order valence-electron chi connectivity index (χ4n) is 5.43. The molecule has 0 saturated carbocycles. The molecule has 1 aromatic rings. The van der Waals surface area contributed by atoms with E-state index in [0.29, 0.717) is 12.6 Å². The van der Waals surface area contributed by atoms with E-state index in [2.05, 4.69) is 34.2 Å². The molecule has 0 aliphatic carbocycles. The number of nitrogens with one attached hydrogen (secondary N) is 1. The number of likely N-dealkylation sites (tertiary alicyclic amines) is 2. The molecule has 1 aromatic carbocycles. The summed E-state index contributed by atoms with van der Waals surface area (Å²) in [5.41, 5.74) is 2.33. The summed E-state index contributed by atoms with van der Waals surface area (Å²) in [5, 5.41) is 3.11. The first-order valence-corrected chi connectivity index (χ1v) is 12.2. The molecule has 0 unspecified atom stereocenters. The summed E-state index contributed by atoms with van der Waals surface area (Å²) < 4.78 is 0. The number of piperidine rings is 2. The molecule has 2 atom stereocenters. The van der Waals surface area contributed by atoms with Crippen LogP contribution in [0.1, 0.15) is 62.6 Å². The lowest BCUT2D eigenvalue weighted by atomic mass is 9.91. The summed E-state index contributed by atoms with van der Waals surface area (Å²) in [7, 11) is 0. The Hall–Kier alpha value is -1.92. The fraction of sp³-hybridized carbons (Fsp3) is 0.680. The van der Waals surface area contributed by atoms with Crippen LogP contribution in [0.2, 0.25) is 0 Å². The summed E-state index contributed by atoms with van der Waals surface area (Å²) in [6.45, 7) is 7.71. The highest BCUT2D eigenvalue weighted by Crippen LogP contribution is 2.32. The van der Waals surface area contributed by atoms with E-state index in [1.807, 2.05) is 17.0 Å². The Morgan fingerprint density at radius 1 is 0.968 bits per heavy atom. The minimum Gasteiger partial charge on any atom is -0.354 e. The van der Waals surface area contributed by atoms with Gasteiger partial charge >= 0.3 is 0 Å². The van der Waals surface area contributed by atoms with E-state index in [1.165, 1.54) is 31.2 Å². The Balaban J connectivity index is 1.38. The van der Waals surface area contributed by atoms with Gasteiger partial charge in [-0.3, -0.25) is 19.4 Å². The maximum atomic E-state index is 13.5. The van der Waals surface area contributed by atoms with Gasteiger partial charge in [-0.1, -0.05) is 30.7 Å². The van der Waals surface area contributed by atoms with Crippen LogP contribution in [0.3, 0.4) is 0 Å². The maximum Gasteiger partial charge on any atom is 0.244 e. The second-order valence-corrected chi connectivity index (χ2v) is 9.44. The Labute approximate surface area is 187 Å². The van der Waals surface area contributed by atoms with Gasteiger partial charge in [0.2, 0.25) is 11.8 Å². The van der Waals surface area contributed by atoms with Gasteiger partial charge in [-0.2, -0.15) is 0 Å². The van der Waals surface area contributed by atoms with Crippen molar-refractivity contribution >= 4 is 11.8 Å². The first kappa shape index (κ1) is 22.3. The summed E-state index contributed by atoms with van der Waals surface area (Å²) in [4.78, 5) is 32.9. The molecule has 3 heterocycles. The van der Waals surface area contributed by atoms with Gasteiger partial charge in [0.25, 0.3) is 0 Å². The third-order valence-corrected chi connectivity index (χ3v) is 7.29. The van der Waals surface area contributed by atoms with Gasteiger partial charge in [0.05, 0.1) is 6.54 Å². The van der Waals surface area contributed by atoms with Crippen molar-refractivity contribution in [2.45, 2.75) is 64.0 Å². The van der Waals surface area contributed by atoms with Gasteiger partial charge in [-0.05, 0) is 63.1 Å². The van der Waals surface area contributed by atoms with Crippen LogP contribution in [0.4, 0.5) is 0 Å². The van der Waals surface area contributed by atoms with Gasteiger partial charge in [0, 0.05) is 38.8 Å². The van der Waals surface area contributed by atoms with Gasteiger partial charge in [0.1, 0.15) is 6.04 Å². The van der Waals surface area contributed by atoms with E-state index in [9.17, 15) is 9.59 Å². The van der Waals surface area contributed by atoms with Crippen LogP contribution in [-0.4, -0.2) is 78.4 Å². The van der Waals surface area contributed by atoms with Crippen LogP contribution < -0.4 is 5.32 Å². The van der Waals surface area contributed by atoms with Crippen molar-refractivity contribution in [2.75, 3.05) is 45.8 Å². The quantitative estimate of drug-likeness (QED) is 0.760. The smallest absolute Gasteiger partial charge is 0.244 e. The van der Waals surface area contributed by atoms with Crippen molar-refractivity contribution in [3.8, 4) is 0 Å². The average Bonchev–Trinajstić information content (AvgIpc) is 2.80. The van der Waals surface area contributed by atoms with E-state index < -0.39 is 0 Å². The molecule has 0 aromatic heterocycles. The Morgan fingerprint density at radius 3 is 2.55 bits per heavy atom. The molecule has 1 N–H and O–H groups in total. The van der Waals surface area contributed by atoms with E-state index >= 15 is 0 Å². The zero-order valence-electron chi connectivity index (χ0n) is 19.0.